The monoisotopic (exact) mass is 280 g/mol. The molecule has 1 N–H and O–H groups in total. The lowest BCUT2D eigenvalue weighted by molar-refractivity contribution is -0.118. The summed E-state index contributed by atoms with van der Waals surface area (Å²) in [5.74, 6) is 2.03. The highest BCUT2D eigenvalue weighted by Crippen LogP contribution is 2.39. The predicted molar refractivity (Wildman–Crippen MR) is 76.2 cm³/mol. The average Bonchev–Trinajstić information content (AvgIpc) is 3.18. The topological polar surface area (TPSA) is 59.8 Å². The standard InChI is InChI=1S/C13H20N4OS/c1-3-7-14-11(18)9-19-13-16-15-12(10-5-6-10)17(13)8-4-2/h4,10H,2-3,5-9H2,1H3,(H,14,18). The number of nitrogens with one attached hydrogen (secondary N) is 1. The van der Waals surface area contributed by atoms with E-state index in [1.54, 1.807) is 0 Å². The van der Waals surface area contributed by atoms with Crippen LogP contribution < -0.4 is 5.32 Å². The molecule has 1 heterocycles. The Kier molecular flexibility index (Phi) is 5.01. The van der Waals surface area contributed by atoms with Gasteiger partial charge in [-0.1, -0.05) is 24.8 Å². The molecule has 0 atom stereocenters. The van der Waals surface area contributed by atoms with E-state index in [1.165, 1.54) is 24.6 Å². The molecule has 0 aromatic carbocycles. The second-order valence-corrected chi connectivity index (χ2v) is 5.60. The van der Waals surface area contributed by atoms with Crippen LogP contribution in [0.5, 0.6) is 0 Å². The van der Waals surface area contributed by atoms with Crippen LogP contribution in [0.15, 0.2) is 17.8 Å². The minimum atomic E-state index is 0.0491. The third-order valence-corrected chi connectivity index (χ3v) is 3.87. The number of hydrogen-bond donors (Lipinski definition) is 1. The lowest BCUT2D eigenvalue weighted by Crippen LogP contribution is -2.25. The Hall–Kier alpha value is -1.30. The number of hydrogen-bond acceptors (Lipinski definition) is 4. The predicted octanol–water partition coefficient (Wildman–Crippen LogP) is 1.96. The number of nitrogens with zero attached hydrogens (tertiary/aromatic N) is 3. The number of carbonyl (C=O) groups excluding carboxylic acids is 1. The van der Waals surface area contributed by atoms with Crippen molar-refractivity contribution in [1.29, 1.82) is 0 Å². The van der Waals surface area contributed by atoms with Gasteiger partial charge in [0.05, 0.1) is 5.75 Å². The first-order chi connectivity index (χ1) is 9.26. The van der Waals surface area contributed by atoms with E-state index in [4.69, 9.17) is 0 Å². The van der Waals surface area contributed by atoms with Gasteiger partial charge < -0.3 is 9.88 Å². The van der Waals surface area contributed by atoms with Gasteiger partial charge in [0.2, 0.25) is 5.91 Å². The Bertz CT molecular complexity index is 453. The number of aromatic nitrogens is 3. The molecule has 0 radical (unpaired) electrons. The van der Waals surface area contributed by atoms with Crippen LogP contribution in [0.3, 0.4) is 0 Å². The summed E-state index contributed by atoms with van der Waals surface area (Å²) >= 11 is 1.44. The first kappa shape index (κ1) is 14.1. The molecule has 1 amide bonds. The zero-order chi connectivity index (χ0) is 13.7. The molecule has 1 aliphatic rings. The van der Waals surface area contributed by atoms with Gasteiger partial charge >= 0.3 is 0 Å². The van der Waals surface area contributed by atoms with Gasteiger partial charge in [-0.3, -0.25) is 4.79 Å². The van der Waals surface area contributed by atoms with Crippen LogP contribution in [0.2, 0.25) is 0 Å². The van der Waals surface area contributed by atoms with Crippen molar-refractivity contribution >= 4 is 17.7 Å². The third-order valence-electron chi connectivity index (χ3n) is 2.90. The molecule has 2 rings (SSSR count). The Labute approximate surface area is 117 Å². The van der Waals surface area contributed by atoms with Crippen LogP contribution in [0.4, 0.5) is 0 Å². The van der Waals surface area contributed by atoms with Crippen molar-refractivity contribution < 1.29 is 4.79 Å². The van der Waals surface area contributed by atoms with Gasteiger partial charge in [-0.15, -0.1) is 16.8 Å². The van der Waals surface area contributed by atoms with Crippen molar-refractivity contribution in [2.75, 3.05) is 12.3 Å². The smallest absolute Gasteiger partial charge is 0.230 e. The van der Waals surface area contributed by atoms with Crippen LogP contribution in [0.1, 0.15) is 37.9 Å². The summed E-state index contributed by atoms with van der Waals surface area (Å²) in [6.07, 6.45) is 5.18. The SMILES string of the molecule is C=CCn1c(SCC(=O)NCCC)nnc1C1CC1. The molecule has 1 fully saturated rings. The molecule has 1 aliphatic carbocycles. The molecule has 6 heteroatoms. The minimum Gasteiger partial charge on any atom is -0.355 e. The van der Waals surface area contributed by atoms with E-state index in [0.29, 0.717) is 18.2 Å². The first-order valence-electron chi connectivity index (χ1n) is 6.69. The van der Waals surface area contributed by atoms with Gasteiger partial charge in [0.15, 0.2) is 5.16 Å². The normalized spacial score (nSPS) is 14.4. The maximum absolute atomic E-state index is 11.6. The Morgan fingerprint density at radius 2 is 2.37 bits per heavy atom. The molecule has 19 heavy (non-hydrogen) atoms. The fourth-order valence-corrected chi connectivity index (χ4v) is 2.58. The van der Waals surface area contributed by atoms with Crippen molar-refractivity contribution in [2.45, 2.75) is 43.8 Å². The molecule has 1 aromatic rings. The van der Waals surface area contributed by atoms with Crippen LogP contribution in [-0.2, 0) is 11.3 Å². The Balaban J connectivity index is 1.95. The van der Waals surface area contributed by atoms with Crippen molar-refractivity contribution in [2.24, 2.45) is 0 Å². The van der Waals surface area contributed by atoms with Gasteiger partial charge in [0.1, 0.15) is 5.82 Å². The van der Waals surface area contributed by atoms with E-state index in [9.17, 15) is 4.79 Å². The van der Waals surface area contributed by atoms with Crippen molar-refractivity contribution in [3.05, 3.63) is 18.5 Å². The fourth-order valence-electron chi connectivity index (χ4n) is 1.80. The number of thioether (sulfide) groups is 1. The highest BCUT2D eigenvalue weighted by Gasteiger charge is 2.30. The molecule has 0 bridgehead atoms. The van der Waals surface area contributed by atoms with Crippen LogP contribution >= 0.6 is 11.8 Å². The largest absolute Gasteiger partial charge is 0.355 e. The Morgan fingerprint density at radius 3 is 3.00 bits per heavy atom. The molecule has 1 saturated carbocycles. The van der Waals surface area contributed by atoms with E-state index >= 15 is 0 Å². The van der Waals surface area contributed by atoms with E-state index in [1.807, 2.05) is 13.0 Å². The molecular formula is C13H20N4OS. The molecule has 0 saturated heterocycles. The van der Waals surface area contributed by atoms with Crippen molar-refractivity contribution in [3.63, 3.8) is 0 Å². The van der Waals surface area contributed by atoms with E-state index in [0.717, 1.165) is 23.9 Å². The molecule has 5 nitrogen and oxygen atoms in total. The van der Waals surface area contributed by atoms with Crippen LogP contribution in [0.25, 0.3) is 0 Å². The van der Waals surface area contributed by atoms with Gasteiger partial charge in [0.25, 0.3) is 0 Å². The summed E-state index contributed by atoms with van der Waals surface area (Å²) in [6, 6.07) is 0. The summed E-state index contributed by atoms with van der Waals surface area (Å²) < 4.78 is 2.07. The first-order valence-corrected chi connectivity index (χ1v) is 7.68. The van der Waals surface area contributed by atoms with Gasteiger partial charge in [-0.05, 0) is 19.3 Å². The second-order valence-electron chi connectivity index (χ2n) is 4.65. The van der Waals surface area contributed by atoms with E-state index in [2.05, 4.69) is 26.7 Å². The number of allylic oxidation sites excluding steroid dienone is 1. The minimum absolute atomic E-state index is 0.0491. The summed E-state index contributed by atoms with van der Waals surface area (Å²) in [5, 5.41) is 12.1. The van der Waals surface area contributed by atoms with Crippen LogP contribution in [-0.4, -0.2) is 33.0 Å². The lowest BCUT2D eigenvalue weighted by atomic mass is 10.4. The average molecular weight is 280 g/mol. The zero-order valence-corrected chi connectivity index (χ0v) is 12.1. The molecule has 0 aliphatic heterocycles. The number of rotatable bonds is 8. The molecular weight excluding hydrogens is 260 g/mol. The third kappa shape index (κ3) is 3.83. The van der Waals surface area contributed by atoms with Gasteiger partial charge in [-0.25, -0.2) is 0 Å². The summed E-state index contributed by atoms with van der Waals surface area (Å²) in [7, 11) is 0. The van der Waals surface area contributed by atoms with Crippen LogP contribution in [0, 0.1) is 0 Å². The fraction of sp³-hybridized carbons (Fsp3) is 0.615. The maximum Gasteiger partial charge on any atom is 0.230 e. The zero-order valence-electron chi connectivity index (χ0n) is 11.3. The maximum atomic E-state index is 11.6. The Morgan fingerprint density at radius 1 is 1.58 bits per heavy atom. The summed E-state index contributed by atoms with van der Waals surface area (Å²) in [5.41, 5.74) is 0. The lowest BCUT2D eigenvalue weighted by Gasteiger charge is -2.07. The van der Waals surface area contributed by atoms with E-state index in [-0.39, 0.29) is 5.91 Å². The van der Waals surface area contributed by atoms with Gasteiger partial charge in [-0.2, -0.15) is 0 Å². The summed E-state index contributed by atoms with van der Waals surface area (Å²) in [6.45, 7) is 7.24. The number of amides is 1. The van der Waals surface area contributed by atoms with Crippen molar-refractivity contribution in [1.82, 2.24) is 20.1 Å². The quantitative estimate of drug-likeness (QED) is 0.584. The van der Waals surface area contributed by atoms with E-state index < -0.39 is 0 Å². The molecule has 0 spiro atoms. The van der Waals surface area contributed by atoms with Crippen molar-refractivity contribution in [3.8, 4) is 0 Å². The highest BCUT2D eigenvalue weighted by atomic mass is 32.2. The molecule has 1 aromatic heterocycles. The second kappa shape index (κ2) is 6.75. The molecule has 0 unspecified atom stereocenters. The summed E-state index contributed by atoms with van der Waals surface area (Å²) in [4.78, 5) is 11.6. The highest BCUT2D eigenvalue weighted by molar-refractivity contribution is 7.99. The van der Waals surface area contributed by atoms with Gasteiger partial charge in [0, 0.05) is 19.0 Å². The molecule has 104 valence electrons. The number of carbonyl (C=O) groups is 1.